The molecular weight excluding hydrogens is 204 g/mol. The molecule has 1 aliphatic heterocycles. The molecule has 1 heterocycles. The minimum atomic E-state index is -3.42. The van der Waals surface area contributed by atoms with Crippen molar-refractivity contribution >= 4 is 10.2 Å². The van der Waals surface area contributed by atoms with Gasteiger partial charge in [-0.15, -0.1) is 0 Å². The number of hydroxylamine groups is 1. The maximum Gasteiger partial charge on any atom is 0.304 e. The maximum atomic E-state index is 11.9. The summed E-state index contributed by atoms with van der Waals surface area (Å²) in [6, 6.07) is -0.0504. The Hall–Kier alpha value is -0.170. The highest BCUT2D eigenvalue weighted by Gasteiger charge is 2.30. The zero-order valence-electron chi connectivity index (χ0n) is 8.93. The Morgan fingerprint density at radius 1 is 1.36 bits per heavy atom. The zero-order chi connectivity index (χ0) is 10.8. The van der Waals surface area contributed by atoms with E-state index in [0.29, 0.717) is 13.2 Å². The number of hydrogen-bond acceptors (Lipinski definition) is 3. The first-order valence-corrected chi connectivity index (χ1v) is 6.24. The predicted octanol–water partition coefficient (Wildman–Crippen LogP) is 0.599. The molecule has 5 nitrogen and oxygen atoms in total. The molecule has 0 aromatic carbocycles. The zero-order valence-corrected chi connectivity index (χ0v) is 9.75. The van der Waals surface area contributed by atoms with Crippen molar-refractivity contribution in [3.8, 4) is 0 Å². The quantitative estimate of drug-likeness (QED) is 0.702. The summed E-state index contributed by atoms with van der Waals surface area (Å²) in [6.07, 6.45) is 1.79. The van der Waals surface area contributed by atoms with Crippen molar-refractivity contribution in [1.82, 2.24) is 8.77 Å². The van der Waals surface area contributed by atoms with E-state index in [2.05, 4.69) is 0 Å². The van der Waals surface area contributed by atoms with E-state index in [9.17, 15) is 8.42 Å². The van der Waals surface area contributed by atoms with Crippen LogP contribution in [0.25, 0.3) is 0 Å². The average Bonchev–Trinajstić information content (AvgIpc) is 2.18. The van der Waals surface area contributed by atoms with Gasteiger partial charge in [0.15, 0.2) is 0 Å². The topological polar surface area (TPSA) is 49.9 Å². The number of hydrogen-bond donors (Lipinski definition) is 0. The molecule has 0 N–H and O–H groups in total. The summed E-state index contributed by atoms with van der Waals surface area (Å²) in [5.41, 5.74) is 0. The lowest BCUT2D eigenvalue weighted by atomic mass is 10.3. The third-order valence-corrected chi connectivity index (χ3v) is 4.27. The van der Waals surface area contributed by atoms with Crippen LogP contribution in [0.1, 0.15) is 26.7 Å². The van der Waals surface area contributed by atoms with E-state index in [1.54, 1.807) is 7.05 Å². The standard InChI is InChI=1S/C8H18N2O3S/c1-8(2)9(3)14(11,12)10-6-4-5-7-13-10/h8H,4-7H2,1-3H3. The second-order valence-corrected chi connectivity index (χ2v) is 5.56. The smallest absolute Gasteiger partial charge is 0.283 e. The summed E-state index contributed by atoms with van der Waals surface area (Å²) in [4.78, 5) is 5.12. The molecule has 0 atom stereocenters. The van der Waals surface area contributed by atoms with Crippen LogP contribution in [0.15, 0.2) is 0 Å². The molecule has 0 aromatic rings. The van der Waals surface area contributed by atoms with Gasteiger partial charge in [0.2, 0.25) is 0 Å². The monoisotopic (exact) mass is 222 g/mol. The van der Waals surface area contributed by atoms with E-state index in [1.807, 2.05) is 13.8 Å². The summed E-state index contributed by atoms with van der Waals surface area (Å²) in [7, 11) is -1.85. The first-order chi connectivity index (χ1) is 6.46. The van der Waals surface area contributed by atoms with Crippen molar-refractivity contribution in [2.75, 3.05) is 20.2 Å². The molecule has 6 heteroatoms. The van der Waals surface area contributed by atoms with Crippen LogP contribution >= 0.6 is 0 Å². The van der Waals surface area contributed by atoms with Crippen LogP contribution in [0.3, 0.4) is 0 Å². The molecule has 0 aromatic heterocycles. The van der Waals surface area contributed by atoms with Gasteiger partial charge in [-0.2, -0.15) is 12.7 Å². The molecule has 0 aliphatic carbocycles. The Morgan fingerprint density at radius 3 is 2.43 bits per heavy atom. The van der Waals surface area contributed by atoms with Crippen molar-refractivity contribution in [3.63, 3.8) is 0 Å². The summed E-state index contributed by atoms with van der Waals surface area (Å²) in [5, 5.41) is 0. The SMILES string of the molecule is CC(C)N(C)S(=O)(=O)N1CCCCO1. The number of nitrogens with zero attached hydrogens (tertiary/aromatic N) is 2. The molecule has 1 fully saturated rings. The molecular formula is C8H18N2O3S. The molecule has 0 spiro atoms. The van der Waals surface area contributed by atoms with E-state index < -0.39 is 10.2 Å². The van der Waals surface area contributed by atoms with Gasteiger partial charge in [-0.3, -0.25) is 4.84 Å². The van der Waals surface area contributed by atoms with Crippen molar-refractivity contribution in [2.45, 2.75) is 32.7 Å². The molecule has 0 unspecified atom stereocenters. The van der Waals surface area contributed by atoms with Gasteiger partial charge in [-0.25, -0.2) is 0 Å². The average molecular weight is 222 g/mol. The minimum absolute atomic E-state index is 0.0504. The minimum Gasteiger partial charge on any atom is -0.283 e. The van der Waals surface area contributed by atoms with E-state index in [4.69, 9.17) is 4.84 Å². The second kappa shape index (κ2) is 4.57. The summed E-state index contributed by atoms with van der Waals surface area (Å²) in [5.74, 6) is 0. The van der Waals surface area contributed by atoms with E-state index in [-0.39, 0.29) is 6.04 Å². The normalized spacial score (nSPS) is 20.6. The molecule has 0 bridgehead atoms. The van der Waals surface area contributed by atoms with Crippen LogP contribution < -0.4 is 0 Å². The third kappa shape index (κ3) is 2.44. The Morgan fingerprint density at radius 2 is 2.00 bits per heavy atom. The Balaban J connectivity index is 2.73. The summed E-state index contributed by atoms with van der Waals surface area (Å²) in [6.45, 7) is 4.62. The highest BCUT2D eigenvalue weighted by atomic mass is 32.2. The summed E-state index contributed by atoms with van der Waals surface area (Å²) >= 11 is 0. The first-order valence-electron chi connectivity index (χ1n) is 4.85. The van der Waals surface area contributed by atoms with Crippen molar-refractivity contribution < 1.29 is 13.3 Å². The van der Waals surface area contributed by atoms with Crippen molar-refractivity contribution in [2.24, 2.45) is 0 Å². The van der Waals surface area contributed by atoms with Gasteiger partial charge < -0.3 is 0 Å². The van der Waals surface area contributed by atoms with Gasteiger partial charge in [-0.05, 0) is 26.7 Å². The molecule has 0 radical (unpaired) electrons. The first kappa shape index (κ1) is 11.9. The molecule has 1 saturated heterocycles. The van der Waals surface area contributed by atoms with Gasteiger partial charge in [0.25, 0.3) is 0 Å². The summed E-state index contributed by atoms with van der Waals surface area (Å²) < 4.78 is 26.1. The van der Waals surface area contributed by atoms with Gasteiger partial charge >= 0.3 is 10.2 Å². The number of rotatable bonds is 3. The Bertz CT molecular complexity index is 270. The fourth-order valence-corrected chi connectivity index (χ4v) is 2.55. The second-order valence-electron chi connectivity index (χ2n) is 3.68. The highest BCUT2D eigenvalue weighted by molar-refractivity contribution is 7.86. The molecule has 1 rings (SSSR count). The van der Waals surface area contributed by atoms with E-state index in [0.717, 1.165) is 17.3 Å². The molecule has 0 amide bonds. The van der Waals surface area contributed by atoms with Crippen molar-refractivity contribution in [1.29, 1.82) is 0 Å². The van der Waals surface area contributed by atoms with Crippen LogP contribution in [0.4, 0.5) is 0 Å². The fourth-order valence-electron chi connectivity index (χ4n) is 1.17. The third-order valence-electron chi connectivity index (χ3n) is 2.32. The van der Waals surface area contributed by atoms with Crippen molar-refractivity contribution in [3.05, 3.63) is 0 Å². The molecule has 84 valence electrons. The van der Waals surface area contributed by atoms with Gasteiger partial charge in [-0.1, -0.05) is 4.47 Å². The highest BCUT2D eigenvalue weighted by Crippen LogP contribution is 2.15. The molecule has 1 aliphatic rings. The van der Waals surface area contributed by atoms with Crippen LogP contribution in [0.5, 0.6) is 0 Å². The predicted molar refractivity (Wildman–Crippen MR) is 53.7 cm³/mol. The van der Waals surface area contributed by atoms with Crippen LogP contribution in [0.2, 0.25) is 0 Å². The Kier molecular flexibility index (Phi) is 3.88. The maximum absolute atomic E-state index is 11.9. The van der Waals surface area contributed by atoms with Crippen LogP contribution in [-0.4, -0.2) is 43.4 Å². The van der Waals surface area contributed by atoms with Crippen LogP contribution in [0, 0.1) is 0 Å². The van der Waals surface area contributed by atoms with Crippen LogP contribution in [-0.2, 0) is 15.0 Å². The molecule has 0 saturated carbocycles. The lowest BCUT2D eigenvalue weighted by Crippen LogP contribution is -2.46. The molecule has 14 heavy (non-hydrogen) atoms. The lowest BCUT2D eigenvalue weighted by Gasteiger charge is -2.30. The van der Waals surface area contributed by atoms with Gasteiger partial charge in [0, 0.05) is 19.6 Å². The fraction of sp³-hybridized carbons (Fsp3) is 1.00. The van der Waals surface area contributed by atoms with E-state index in [1.165, 1.54) is 4.31 Å². The Labute approximate surface area is 85.8 Å². The van der Waals surface area contributed by atoms with Gasteiger partial charge in [0.05, 0.1) is 6.61 Å². The van der Waals surface area contributed by atoms with E-state index >= 15 is 0 Å². The largest absolute Gasteiger partial charge is 0.304 e. The lowest BCUT2D eigenvalue weighted by molar-refractivity contribution is -0.112. The van der Waals surface area contributed by atoms with Gasteiger partial charge in [0.1, 0.15) is 0 Å².